The lowest BCUT2D eigenvalue weighted by Gasteiger charge is -2.26. The van der Waals surface area contributed by atoms with Crippen LogP contribution in [0.4, 0.5) is 21.5 Å². The van der Waals surface area contributed by atoms with E-state index in [1.807, 2.05) is 36.4 Å². The maximum Gasteiger partial charge on any atom is 0.159 e. The van der Waals surface area contributed by atoms with Crippen molar-refractivity contribution in [2.75, 3.05) is 4.90 Å². The smallest absolute Gasteiger partial charge is 0.159 e. The second kappa shape index (κ2) is 12.1. The van der Waals surface area contributed by atoms with Crippen molar-refractivity contribution in [3.63, 3.8) is 0 Å². The van der Waals surface area contributed by atoms with Crippen LogP contribution < -0.4 is 4.90 Å². The SMILES string of the molecule is Fc1ccc2c3ccccc3n(-c3cccc(-c4ccc(N(c5ccc(-c6ccccc6)cc5)c5cccc6c5oc5ccccc56)cc4)c3)c2c1. The summed E-state index contributed by atoms with van der Waals surface area (Å²) in [6.45, 7) is 0. The van der Waals surface area contributed by atoms with Gasteiger partial charge in [-0.3, -0.25) is 0 Å². The van der Waals surface area contributed by atoms with Crippen molar-refractivity contribution >= 4 is 60.8 Å². The molecular weight excluding hydrogens is 640 g/mol. The Bertz CT molecular complexity index is 2900. The maximum absolute atomic E-state index is 14.6. The number of para-hydroxylation sites is 3. The van der Waals surface area contributed by atoms with Gasteiger partial charge in [-0.25, -0.2) is 4.39 Å². The number of nitrogens with zero attached hydrogens (tertiary/aromatic N) is 2. The number of rotatable bonds is 6. The van der Waals surface area contributed by atoms with Crippen LogP contribution in [0, 0.1) is 5.82 Å². The van der Waals surface area contributed by atoms with Crippen molar-refractivity contribution in [2.24, 2.45) is 0 Å². The Morgan fingerprint density at radius 1 is 0.423 bits per heavy atom. The van der Waals surface area contributed by atoms with E-state index < -0.39 is 0 Å². The van der Waals surface area contributed by atoms with Gasteiger partial charge in [-0.1, -0.05) is 115 Å². The minimum atomic E-state index is -0.249. The monoisotopic (exact) mass is 670 g/mol. The third-order valence-electron chi connectivity index (χ3n) is 10.1. The van der Waals surface area contributed by atoms with E-state index >= 15 is 0 Å². The number of halogens is 1. The summed E-state index contributed by atoms with van der Waals surface area (Å²) in [6.07, 6.45) is 0. The number of anilines is 3. The fraction of sp³-hybridized carbons (Fsp3) is 0. The fourth-order valence-electron chi connectivity index (χ4n) is 7.62. The number of benzene rings is 8. The van der Waals surface area contributed by atoms with Crippen LogP contribution in [-0.4, -0.2) is 4.57 Å². The molecule has 2 aromatic heterocycles. The molecular formula is C48H31FN2O. The van der Waals surface area contributed by atoms with Crippen LogP contribution in [0.3, 0.4) is 0 Å². The summed E-state index contributed by atoms with van der Waals surface area (Å²) in [6, 6.07) is 64.2. The van der Waals surface area contributed by atoms with Gasteiger partial charge in [-0.05, 0) is 95.1 Å². The van der Waals surface area contributed by atoms with Gasteiger partial charge >= 0.3 is 0 Å². The van der Waals surface area contributed by atoms with Gasteiger partial charge < -0.3 is 13.9 Å². The molecule has 0 saturated heterocycles. The van der Waals surface area contributed by atoms with E-state index in [1.54, 1.807) is 6.07 Å². The second-order valence-electron chi connectivity index (χ2n) is 13.1. The maximum atomic E-state index is 14.6. The van der Waals surface area contributed by atoms with E-state index in [2.05, 4.69) is 149 Å². The molecule has 0 unspecified atom stereocenters. The van der Waals surface area contributed by atoms with Gasteiger partial charge in [0.05, 0.1) is 16.7 Å². The highest BCUT2D eigenvalue weighted by Gasteiger charge is 2.20. The highest BCUT2D eigenvalue weighted by molar-refractivity contribution is 6.11. The minimum absolute atomic E-state index is 0.249. The van der Waals surface area contributed by atoms with Gasteiger partial charge in [-0.15, -0.1) is 0 Å². The van der Waals surface area contributed by atoms with Crippen molar-refractivity contribution in [3.05, 3.63) is 194 Å². The summed E-state index contributed by atoms with van der Waals surface area (Å²) in [4.78, 5) is 2.27. The summed E-state index contributed by atoms with van der Waals surface area (Å²) in [7, 11) is 0. The average molecular weight is 671 g/mol. The van der Waals surface area contributed by atoms with E-state index in [4.69, 9.17) is 4.42 Å². The Kier molecular flexibility index (Phi) is 7.00. The molecule has 0 atom stereocenters. The summed E-state index contributed by atoms with van der Waals surface area (Å²) in [5.74, 6) is -0.249. The average Bonchev–Trinajstić information content (AvgIpc) is 3.75. The Morgan fingerprint density at radius 3 is 1.81 bits per heavy atom. The zero-order valence-corrected chi connectivity index (χ0v) is 28.1. The van der Waals surface area contributed by atoms with Crippen molar-refractivity contribution in [1.82, 2.24) is 4.57 Å². The molecule has 3 nitrogen and oxygen atoms in total. The van der Waals surface area contributed by atoms with Gasteiger partial charge in [0.2, 0.25) is 0 Å². The molecule has 246 valence electrons. The Balaban J connectivity index is 1.08. The Morgan fingerprint density at radius 2 is 1.02 bits per heavy atom. The second-order valence-corrected chi connectivity index (χ2v) is 13.1. The van der Waals surface area contributed by atoms with Crippen molar-refractivity contribution in [3.8, 4) is 27.9 Å². The van der Waals surface area contributed by atoms with Crippen molar-refractivity contribution in [2.45, 2.75) is 0 Å². The first kappa shape index (κ1) is 30.0. The minimum Gasteiger partial charge on any atom is -0.454 e. The first-order valence-electron chi connectivity index (χ1n) is 17.5. The predicted octanol–water partition coefficient (Wildman–Crippen LogP) is 13.6. The van der Waals surface area contributed by atoms with E-state index in [9.17, 15) is 4.39 Å². The van der Waals surface area contributed by atoms with Crippen molar-refractivity contribution in [1.29, 1.82) is 0 Å². The van der Waals surface area contributed by atoms with Crippen LogP contribution in [0.15, 0.2) is 192 Å². The molecule has 0 amide bonds. The van der Waals surface area contributed by atoms with E-state index in [0.717, 1.165) is 83.2 Å². The molecule has 10 aromatic rings. The summed E-state index contributed by atoms with van der Waals surface area (Å²) < 4.78 is 23.3. The van der Waals surface area contributed by atoms with Gasteiger partial charge in [0.25, 0.3) is 0 Å². The predicted molar refractivity (Wildman–Crippen MR) is 214 cm³/mol. The van der Waals surface area contributed by atoms with E-state index in [-0.39, 0.29) is 5.82 Å². The van der Waals surface area contributed by atoms with Crippen LogP contribution in [0.1, 0.15) is 0 Å². The summed E-state index contributed by atoms with van der Waals surface area (Å²) in [5, 5.41) is 4.31. The van der Waals surface area contributed by atoms with E-state index in [1.165, 1.54) is 11.6 Å². The molecule has 2 heterocycles. The van der Waals surface area contributed by atoms with Crippen molar-refractivity contribution < 1.29 is 8.81 Å². The van der Waals surface area contributed by atoms with Crippen LogP contribution in [0.2, 0.25) is 0 Å². The summed E-state index contributed by atoms with van der Waals surface area (Å²) in [5.41, 5.74) is 12.1. The molecule has 0 fully saturated rings. The molecule has 0 spiro atoms. The third-order valence-corrected chi connectivity index (χ3v) is 10.1. The molecule has 4 heteroatoms. The highest BCUT2D eigenvalue weighted by atomic mass is 19.1. The Hall–Kier alpha value is -6.91. The molecule has 0 saturated carbocycles. The lowest BCUT2D eigenvalue weighted by molar-refractivity contribution is 0.629. The van der Waals surface area contributed by atoms with Gasteiger partial charge in [0.15, 0.2) is 5.58 Å². The molecule has 0 radical (unpaired) electrons. The molecule has 0 N–H and O–H groups in total. The van der Waals surface area contributed by atoms with Crippen LogP contribution in [-0.2, 0) is 0 Å². The number of furan rings is 1. The summed E-state index contributed by atoms with van der Waals surface area (Å²) >= 11 is 0. The molecule has 52 heavy (non-hydrogen) atoms. The zero-order chi connectivity index (χ0) is 34.6. The van der Waals surface area contributed by atoms with Crippen LogP contribution in [0.5, 0.6) is 0 Å². The Labute approximate surface area is 300 Å². The third kappa shape index (κ3) is 4.96. The molecule has 0 aliphatic heterocycles. The van der Waals surface area contributed by atoms with Gasteiger partial charge in [0, 0.05) is 38.6 Å². The topological polar surface area (TPSA) is 21.3 Å². The van der Waals surface area contributed by atoms with E-state index in [0.29, 0.717) is 0 Å². The number of hydrogen-bond donors (Lipinski definition) is 0. The lowest BCUT2D eigenvalue weighted by atomic mass is 10.0. The molecule has 0 aliphatic rings. The normalized spacial score (nSPS) is 11.6. The molecule has 8 aromatic carbocycles. The number of aromatic nitrogens is 1. The first-order valence-corrected chi connectivity index (χ1v) is 17.5. The van der Waals surface area contributed by atoms with Gasteiger partial charge in [0.1, 0.15) is 11.4 Å². The lowest BCUT2D eigenvalue weighted by Crippen LogP contribution is -2.10. The molecule has 0 aliphatic carbocycles. The molecule has 10 rings (SSSR count). The van der Waals surface area contributed by atoms with Crippen LogP contribution >= 0.6 is 0 Å². The zero-order valence-electron chi connectivity index (χ0n) is 28.1. The first-order chi connectivity index (χ1) is 25.7. The van der Waals surface area contributed by atoms with Gasteiger partial charge in [-0.2, -0.15) is 0 Å². The fourth-order valence-corrected chi connectivity index (χ4v) is 7.62. The standard InChI is InChI=1S/C48H31FN2O/c49-36-24-29-41-40-14-4-6-17-44(40)51(46(41)31-36)39-13-8-12-35(30-39)34-22-27-38(28-23-34)50(37-25-20-33(21-26-37)32-10-2-1-3-11-32)45-18-9-16-43-42-15-5-7-19-47(42)52-48(43)45/h1-31H. The number of fused-ring (bicyclic) bond motifs is 6. The molecule has 0 bridgehead atoms. The van der Waals surface area contributed by atoms with Crippen LogP contribution in [0.25, 0.3) is 71.7 Å². The largest absolute Gasteiger partial charge is 0.454 e. The highest BCUT2D eigenvalue weighted by Crippen LogP contribution is 2.43. The number of hydrogen-bond acceptors (Lipinski definition) is 2. The quantitative estimate of drug-likeness (QED) is 0.176.